The molecule has 1 N–H and O–H groups in total. The second-order valence-corrected chi connectivity index (χ2v) is 9.30. The predicted octanol–water partition coefficient (Wildman–Crippen LogP) is 3.02. The zero-order valence-electron chi connectivity index (χ0n) is 17.7. The molecule has 1 amide bonds. The maximum absolute atomic E-state index is 13.0. The second kappa shape index (κ2) is 10.6. The highest BCUT2D eigenvalue weighted by molar-refractivity contribution is 7.89. The van der Waals surface area contributed by atoms with Crippen LogP contribution in [0.15, 0.2) is 47.4 Å². The SMILES string of the molecule is CCOC(=O)CC(NC(=O)c1cc(S(=O)(=O)N(C)C)ccc1Cl)c1cccc(OC)c1. The Labute approximate surface area is 187 Å². The lowest BCUT2D eigenvalue weighted by molar-refractivity contribution is -0.143. The number of carbonyl (C=O) groups excluding carboxylic acids is 2. The second-order valence-electron chi connectivity index (χ2n) is 6.74. The maximum Gasteiger partial charge on any atom is 0.308 e. The van der Waals surface area contributed by atoms with Gasteiger partial charge in [-0.2, -0.15) is 0 Å². The highest BCUT2D eigenvalue weighted by Gasteiger charge is 2.24. The molecule has 8 nitrogen and oxygen atoms in total. The number of nitrogens with one attached hydrogen (secondary N) is 1. The van der Waals surface area contributed by atoms with Crippen molar-refractivity contribution in [3.05, 3.63) is 58.6 Å². The average Bonchev–Trinajstić information content (AvgIpc) is 2.73. The number of hydrogen-bond acceptors (Lipinski definition) is 6. The number of carbonyl (C=O) groups is 2. The molecular weight excluding hydrogens is 444 g/mol. The quantitative estimate of drug-likeness (QED) is 0.567. The third kappa shape index (κ3) is 6.19. The molecule has 0 radical (unpaired) electrons. The third-order valence-corrected chi connectivity index (χ3v) is 6.58. The number of hydrogen-bond donors (Lipinski definition) is 1. The Morgan fingerprint density at radius 3 is 2.48 bits per heavy atom. The number of sulfonamides is 1. The Morgan fingerprint density at radius 2 is 1.87 bits per heavy atom. The minimum absolute atomic E-state index is 0.0265. The molecule has 0 spiro atoms. The summed E-state index contributed by atoms with van der Waals surface area (Å²) in [5, 5.41) is 2.83. The number of methoxy groups -OCH3 is 1. The van der Waals surface area contributed by atoms with Gasteiger partial charge < -0.3 is 14.8 Å². The summed E-state index contributed by atoms with van der Waals surface area (Å²) in [6, 6.07) is 10.0. The van der Waals surface area contributed by atoms with Crippen molar-refractivity contribution in [2.45, 2.75) is 24.3 Å². The maximum atomic E-state index is 13.0. The van der Waals surface area contributed by atoms with E-state index in [0.717, 1.165) is 4.31 Å². The summed E-state index contributed by atoms with van der Waals surface area (Å²) in [7, 11) is 0.528. The van der Waals surface area contributed by atoms with Crippen LogP contribution >= 0.6 is 11.6 Å². The first-order valence-electron chi connectivity index (χ1n) is 9.42. The van der Waals surface area contributed by atoms with E-state index in [4.69, 9.17) is 21.1 Å². The smallest absolute Gasteiger partial charge is 0.308 e. The molecule has 0 aliphatic rings. The van der Waals surface area contributed by atoms with Crippen molar-refractivity contribution in [1.82, 2.24) is 9.62 Å². The molecule has 0 aliphatic heterocycles. The standard InChI is InChI=1S/C21H25ClN2O6S/c1-5-30-20(25)13-19(14-7-6-8-15(11-14)29-4)23-21(26)17-12-16(9-10-18(17)22)31(27,28)24(2)3/h6-12,19H,5,13H2,1-4H3,(H,23,26). The molecule has 0 aromatic heterocycles. The molecule has 0 saturated heterocycles. The van der Waals surface area contributed by atoms with E-state index < -0.39 is 27.9 Å². The zero-order valence-corrected chi connectivity index (χ0v) is 19.3. The number of nitrogens with zero attached hydrogens (tertiary/aromatic N) is 1. The highest BCUT2D eigenvalue weighted by Crippen LogP contribution is 2.26. The van der Waals surface area contributed by atoms with Gasteiger partial charge in [-0.1, -0.05) is 23.7 Å². The Balaban J connectivity index is 2.40. The fraction of sp³-hybridized carbons (Fsp3) is 0.333. The summed E-state index contributed by atoms with van der Waals surface area (Å²) in [6.45, 7) is 1.89. The summed E-state index contributed by atoms with van der Waals surface area (Å²) >= 11 is 6.17. The van der Waals surface area contributed by atoms with Crippen LogP contribution in [0, 0.1) is 0 Å². The van der Waals surface area contributed by atoms with Gasteiger partial charge in [-0.25, -0.2) is 12.7 Å². The summed E-state index contributed by atoms with van der Waals surface area (Å²) in [5.74, 6) is -0.568. The van der Waals surface area contributed by atoms with E-state index in [1.54, 1.807) is 31.2 Å². The zero-order chi connectivity index (χ0) is 23.2. The Bertz CT molecular complexity index is 1060. The number of halogens is 1. The van der Waals surface area contributed by atoms with Gasteiger partial charge in [0.05, 0.1) is 41.7 Å². The minimum Gasteiger partial charge on any atom is -0.497 e. The number of esters is 1. The summed E-state index contributed by atoms with van der Waals surface area (Å²) < 4.78 is 36.1. The first-order chi connectivity index (χ1) is 14.6. The van der Waals surface area contributed by atoms with Crippen LogP contribution in [0.1, 0.15) is 35.3 Å². The van der Waals surface area contributed by atoms with E-state index in [-0.39, 0.29) is 28.5 Å². The lowest BCUT2D eigenvalue weighted by Gasteiger charge is -2.20. The van der Waals surface area contributed by atoms with E-state index in [2.05, 4.69) is 5.32 Å². The molecule has 31 heavy (non-hydrogen) atoms. The average molecular weight is 469 g/mol. The van der Waals surface area contributed by atoms with Crippen LogP contribution in [0.25, 0.3) is 0 Å². The Kier molecular flexibility index (Phi) is 8.43. The topological polar surface area (TPSA) is 102 Å². The fourth-order valence-electron chi connectivity index (χ4n) is 2.78. The van der Waals surface area contributed by atoms with Crippen molar-refractivity contribution in [3.8, 4) is 5.75 Å². The fourth-order valence-corrected chi connectivity index (χ4v) is 3.91. The molecule has 2 aromatic carbocycles. The van der Waals surface area contributed by atoms with E-state index >= 15 is 0 Å². The van der Waals surface area contributed by atoms with Gasteiger partial charge in [-0.05, 0) is 42.8 Å². The summed E-state index contributed by atoms with van der Waals surface area (Å²) in [4.78, 5) is 25.0. The van der Waals surface area contributed by atoms with Gasteiger partial charge >= 0.3 is 5.97 Å². The predicted molar refractivity (Wildman–Crippen MR) is 117 cm³/mol. The van der Waals surface area contributed by atoms with Gasteiger partial charge in [0.2, 0.25) is 10.0 Å². The van der Waals surface area contributed by atoms with Crippen molar-refractivity contribution < 1.29 is 27.5 Å². The van der Waals surface area contributed by atoms with Crippen LogP contribution in [0.5, 0.6) is 5.75 Å². The van der Waals surface area contributed by atoms with E-state index in [0.29, 0.717) is 11.3 Å². The summed E-state index contributed by atoms with van der Waals surface area (Å²) in [6.07, 6.45) is -0.125. The monoisotopic (exact) mass is 468 g/mol. The van der Waals surface area contributed by atoms with Crippen molar-refractivity contribution >= 4 is 33.5 Å². The third-order valence-electron chi connectivity index (χ3n) is 4.44. The Hall–Kier alpha value is -2.62. The molecule has 2 rings (SSSR count). The van der Waals surface area contributed by atoms with Crippen molar-refractivity contribution in [1.29, 1.82) is 0 Å². The number of ether oxygens (including phenoxy) is 2. The number of benzene rings is 2. The largest absolute Gasteiger partial charge is 0.497 e. The molecule has 10 heteroatoms. The number of amides is 1. The van der Waals surface area contributed by atoms with Gasteiger partial charge in [0.25, 0.3) is 5.91 Å². The van der Waals surface area contributed by atoms with Crippen molar-refractivity contribution in [2.75, 3.05) is 27.8 Å². The molecule has 0 bridgehead atoms. The molecule has 2 aromatic rings. The van der Waals surface area contributed by atoms with Gasteiger partial charge in [0.15, 0.2) is 0 Å². The highest BCUT2D eigenvalue weighted by atomic mass is 35.5. The lowest BCUT2D eigenvalue weighted by atomic mass is 10.0. The van der Waals surface area contributed by atoms with Crippen LogP contribution in [0.4, 0.5) is 0 Å². The van der Waals surface area contributed by atoms with Crippen LogP contribution in [0.3, 0.4) is 0 Å². The molecular formula is C21H25ClN2O6S. The van der Waals surface area contributed by atoms with Crippen LogP contribution in [-0.2, 0) is 19.6 Å². The molecule has 0 aliphatic carbocycles. The summed E-state index contributed by atoms with van der Waals surface area (Å²) in [5.41, 5.74) is 0.593. The molecule has 0 saturated carbocycles. The van der Waals surface area contributed by atoms with Gasteiger partial charge in [0.1, 0.15) is 5.75 Å². The molecule has 0 fully saturated rings. The van der Waals surface area contributed by atoms with Gasteiger partial charge in [-0.3, -0.25) is 9.59 Å². The molecule has 1 unspecified atom stereocenters. The van der Waals surface area contributed by atoms with Crippen LogP contribution in [0.2, 0.25) is 5.02 Å². The number of rotatable bonds is 9. The van der Waals surface area contributed by atoms with E-state index in [1.165, 1.54) is 39.4 Å². The Morgan fingerprint density at radius 1 is 1.16 bits per heavy atom. The van der Waals surface area contributed by atoms with Gasteiger partial charge in [0, 0.05) is 14.1 Å². The molecule has 0 heterocycles. The molecule has 168 valence electrons. The van der Waals surface area contributed by atoms with E-state index in [1.807, 2.05) is 0 Å². The van der Waals surface area contributed by atoms with Crippen molar-refractivity contribution in [2.24, 2.45) is 0 Å². The lowest BCUT2D eigenvalue weighted by Crippen LogP contribution is -2.31. The normalized spacial score (nSPS) is 12.3. The van der Waals surface area contributed by atoms with Crippen molar-refractivity contribution in [3.63, 3.8) is 0 Å². The van der Waals surface area contributed by atoms with Crippen LogP contribution < -0.4 is 10.1 Å². The minimum atomic E-state index is -3.76. The van der Waals surface area contributed by atoms with E-state index in [9.17, 15) is 18.0 Å². The first kappa shape index (κ1) is 24.6. The van der Waals surface area contributed by atoms with Gasteiger partial charge in [-0.15, -0.1) is 0 Å². The molecule has 1 atom stereocenters. The first-order valence-corrected chi connectivity index (χ1v) is 11.2. The van der Waals surface area contributed by atoms with Crippen LogP contribution in [-0.4, -0.2) is 52.4 Å².